The van der Waals surface area contributed by atoms with Gasteiger partial charge in [0, 0.05) is 13.0 Å². The number of nitrogens with zero attached hydrogens (tertiary/aromatic N) is 2. The Morgan fingerprint density at radius 2 is 2.16 bits per heavy atom. The van der Waals surface area contributed by atoms with Crippen molar-refractivity contribution in [3.63, 3.8) is 0 Å². The molecule has 0 aliphatic carbocycles. The third kappa shape index (κ3) is 4.46. The molecule has 1 fully saturated rings. The Bertz CT molecular complexity index is 728. The van der Waals surface area contributed by atoms with E-state index >= 15 is 0 Å². The molecule has 1 aliphatic heterocycles. The lowest BCUT2D eigenvalue weighted by Crippen LogP contribution is -2.12. The molecule has 1 aromatic carbocycles. The van der Waals surface area contributed by atoms with E-state index in [9.17, 15) is 4.79 Å². The van der Waals surface area contributed by atoms with E-state index < -0.39 is 0 Å². The van der Waals surface area contributed by atoms with Crippen LogP contribution in [-0.2, 0) is 16.0 Å². The van der Waals surface area contributed by atoms with Crippen molar-refractivity contribution < 1.29 is 19.0 Å². The normalized spacial score (nSPS) is 16.6. The van der Waals surface area contributed by atoms with Gasteiger partial charge in [-0.3, -0.25) is 4.79 Å². The summed E-state index contributed by atoms with van der Waals surface area (Å²) in [7, 11) is 3.19. The molecule has 0 radical (unpaired) electrons. The zero-order chi connectivity index (χ0) is 17.6. The topological polar surface area (TPSA) is 82.6 Å². The molecule has 1 aliphatic rings. The Morgan fingerprint density at radius 1 is 1.32 bits per heavy atom. The van der Waals surface area contributed by atoms with E-state index in [0.29, 0.717) is 29.5 Å². The maximum atomic E-state index is 12.1. The van der Waals surface area contributed by atoms with Gasteiger partial charge >= 0.3 is 0 Å². The van der Waals surface area contributed by atoms with Gasteiger partial charge in [-0.2, -0.15) is 0 Å². The summed E-state index contributed by atoms with van der Waals surface area (Å²) in [4.78, 5) is 12.1. The van der Waals surface area contributed by atoms with Gasteiger partial charge in [0.05, 0.1) is 14.2 Å². The number of rotatable bonds is 7. The van der Waals surface area contributed by atoms with Crippen molar-refractivity contribution in [3.05, 3.63) is 28.8 Å². The first-order valence-electron chi connectivity index (χ1n) is 8.15. The highest BCUT2D eigenvalue weighted by Crippen LogP contribution is 2.32. The van der Waals surface area contributed by atoms with E-state index in [1.54, 1.807) is 14.2 Å². The molecule has 1 aromatic heterocycles. The smallest absolute Gasteiger partial charge is 0.226 e. The number of nitrogens with one attached hydrogen (secondary N) is 1. The number of hydrogen-bond donors (Lipinski definition) is 1. The number of amides is 1. The van der Waals surface area contributed by atoms with Crippen molar-refractivity contribution in [2.24, 2.45) is 0 Å². The minimum absolute atomic E-state index is 0.0231. The fraction of sp³-hybridized carbons (Fsp3) is 0.471. The number of hydrogen-bond acceptors (Lipinski definition) is 7. The zero-order valence-corrected chi connectivity index (χ0v) is 15.1. The van der Waals surface area contributed by atoms with E-state index in [-0.39, 0.29) is 12.0 Å². The molecular weight excluding hydrogens is 342 g/mol. The molecule has 1 unspecified atom stereocenters. The Morgan fingerprint density at radius 3 is 2.88 bits per heavy atom. The standard InChI is InChI=1S/C17H21N3O4S/c1-22-12-7-5-11(10-14(12)23-2)6-8-15(21)18-17-20-19-16(25-17)13-4-3-9-24-13/h5,7,10,13H,3-4,6,8-9H2,1-2H3,(H,18,20,21). The Kier molecular flexibility index (Phi) is 5.83. The van der Waals surface area contributed by atoms with Crippen LogP contribution in [0, 0.1) is 0 Å². The van der Waals surface area contributed by atoms with Crippen molar-refractivity contribution in [1.82, 2.24) is 10.2 Å². The van der Waals surface area contributed by atoms with Gasteiger partial charge in [0.1, 0.15) is 11.1 Å². The third-order valence-electron chi connectivity index (χ3n) is 3.98. The highest BCUT2D eigenvalue weighted by molar-refractivity contribution is 7.15. The minimum Gasteiger partial charge on any atom is -0.493 e. The Labute approximate surface area is 150 Å². The van der Waals surface area contributed by atoms with Crippen LogP contribution in [0.2, 0.25) is 0 Å². The van der Waals surface area contributed by atoms with Crippen molar-refractivity contribution in [2.75, 3.05) is 26.1 Å². The van der Waals surface area contributed by atoms with Crippen LogP contribution >= 0.6 is 11.3 Å². The van der Waals surface area contributed by atoms with Gasteiger partial charge in [0.2, 0.25) is 11.0 Å². The Balaban J connectivity index is 1.52. The molecule has 8 heteroatoms. The summed E-state index contributed by atoms with van der Waals surface area (Å²) in [5.74, 6) is 1.24. The molecule has 2 aromatic rings. The molecule has 1 N–H and O–H groups in total. The van der Waals surface area contributed by atoms with Gasteiger partial charge in [0.15, 0.2) is 11.5 Å². The van der Waals surface area contributed by atoms with Crippen LogP contribution in [-0.4, -0.2) is 36.9 Å². The lowest BCUT2D eigenvalue weighted by Gasteiger charge is -2.09. The van der Waals surface area contributed by atoms with Crippen molar-refractivity contribution in [3.8, 4) is 11.5 Å². The maximum absolute atomic E-state index is 12.1. The van der Waals surface area contributed by atoms with E-state index in [0.717, 1.165) is 30.0 Å². The molecule has 2 heterocycles. The quantitative estimate of drug-likeness (QED) is 0.814. The van der Waals surface area contributed by atoms with Gasteiger partial charge in [0.25, 0.3) is 0 Å². The maximum Gasteiger partial charge on any atom is 0.226 e. The SMILES string of the molecule is COc1ccc(CCC(=O)Nc2nnc(C3CCCO3)s2)cc1OC. The number of methoxy groups -OCH3 is 2. The lowest BCUT2D eigenvalue weighted by atomic mass is 10.1. The van der Waals surface area contributed by atoms with Crippen LogP contribution in [0.15, 0.2) is 18.2 Å². The van der Waals surface area contributed by atoms with Crippen molar-refractivity contribution >= 4 is 22.4 Å². The summed E-state index contributed by atoms with van der Waals surface area (Å²) < 4.78 is 16.1. The van der Waals surface area contributed by atoms with Gasteiger partial charge in [-0.15, -0.1) is 10.2 Å². The molecule has 0 saturated carbocycles. The molecule has 0 spiro atoms. The zero-order valence-electron chi connectivity index (χ0n) is 14.3. The summed E-state index contributed by atoms with van der Waals surface area (Å²) in [5.41, 5.74) is 1.00. The highest BCUT2D eigenvalue weighted by atomic mass is 32.1. The van der Waals surface area contributed by atoms with Crippen molar-refractivity contribution in [1.29, 1.82) is 0 Å². The molecule has 3 rings (SSSR count). The van der Waals surface area contributed by atoms with E-state index in [4.69, 9.17) is 14.2 Å². The van der Waals surface area contributed by atoms with Gasteiger partial charge in [-0.25, -0.2) is 0 Å². The predicted molar refractivity (Wildman–Crippen MR) is 94.3 cm³/mol. The second-order valence-corrected chi connectivity index (χ2v) is 6.69. The molecule has 0 bridgehead atoms. The summed E-state index contributed by atoms with van der Waals surface area (Å²) >= 11 is 1.38. The monoisotopic (exact) mass is 363 g/mol. The first-order valence-corrected chi connectivity index (χ1v) is 8.97. The second kappa shape index (κ2) is 8.26. The number of ether oxygens (including phenoxy) is 3. The van der Waals surface area contributed by atoms with E-state index in [1.807, 2.05) is 18.2 Å². The van der Waals surface area contributed by atoms with Gasteiger partial charge < -0.3 is 19.5 Å². The molecule has 1 saturated heterocycles. The van der Waals surface area contributed by atoms with Gasteiger partial charge in [-0.1, -0.05) is 17.4 Å². The first kappa shape index (κ1) is 17.6. The van der Waals surface area contributed by atoms with Crippen LogP contribution in [0.4, 0.5) is 5.13 Å². The third-order valence-corrected chi connectivity index (χ3v) is 4.91. The predicted octanol–water partition coefficient (Wildman–Crippen LogP) is 2.98. The first-order chi connectivity index (χ1) is 12.2. The second-order valence-electron chi connectivity index (χ2n) is 5.68. The number of aryl methyl sites for hydroxylation is 1. The molecule has 134 valence electrons. The largest absolute Gasteiger partial charge is 0.493 e. The fourth-order valence-electron chi connectivity index (χ4n) is 2.66. The summed E-state index contributed by atoms with van der Waals surface area (Å²) in [6, 6.07) is 5.65. The summed E-state index contributed by atoms with van der Waals surface area (Å²) in [6.45, 7) is 0.761. The fourth-order valence-corrected chi connectivity index (χ4v) is 3.51. The molecule has 7 nitrogen and oxygen atoms in total. The minimum atomic E-state index is -0.0928. The van der Waals surface area contributed by atoms with Crippen LogP contribution in [0.1, 0.15) is 35.9 Å². The molecule has 25 heavy (non-hydrogen) atoms. The average molecular weight is 363 g/mol. The molecule has 1 atom stereocenters. The number of carbonyl (C=O) groups is 1. The van der Waals surface area contributed by atoms with Gasteiger partial charge in [-0.05, 0) is 37.0 Å². The van der Waals surface area contributed by atoms with Crippen molar-refractivity contribution in [2.45, 2.75) is 31.8 Å². The van der Waals surface area contributed by atoms with Crippen LogP contribution in [0.5, 0.6) is 11.5 Å². The average Bonchev–Trinajstić information content (AvgIpc) is 3.31. The van der Waals surface area contributed by atoms with Crippen LogP contribution < -0.4 is 14.8 Å². The lowest BCUT2D eigenvalue weighted by molar-refractivity contribution is -0.116. The molecular formula is C17H21N3O4S. The highest BCUT2D eigenvalue weighted by Gasteiger charge is 2.22. The number of anilines is 1. The van der Waals surface area contributed by atoms with Crippen LogP contribution in [0.3, 0.4) is 0 Å². The number of carbonyl (C=O) groups excluding carboxylic acids is 1. The van der Waals surface area contributed by atoms with E-state index in [2.05, 4.69) is 15.5 Å². The van der Waals surface area contributed by atoms with E-state index in [1.165, 1.54) is 11.3 Å². The Hall–Kier alpha value is -2.19. The number of aromatic nitrogens is 2. The number of benzene rings is 1. The van der Waals surface area contributed by atoms with Crippen LogP contribution in [0.25, 0.3) is 0 Å². The summed E-state index contributed by atoms with van der Waals surface area (Å²) in [6.07, 6.45) is 2.97. The molecule has 1 amide bonds. The summed E-state index contributed by atoms with van der Waals surface area (Å²) in [5, 5.41) is 12.3.